The van der Waals surface area contributed by atoms with Crippen LogP contribution in [-0.2, 0) is 16.0 Å². The number of nitrogens with one attached hydrogen (secondary N) is 1. The summed E-state index contributed by atoms with van der Waals surface area (Å²) >= 11 is 1.52. The Bertz CT molecular complexity index is 521. The highest BCUT2D eigenvalue weighted by Gasteiger charge is 2.28. The van der Waals surface area contributed by atoms with E-state index in [9.17, 15) is 14.7 Å². The number of aliphatic carboxylic acids is 1. The molecule has 1 rings (SSSR count). The molecule has 132 valence electrons. The molecule has 23 heavy (non-hydrogen) atoms. The molecule has 8 heteroatoms. The summed E-state index contributed by atoms with van der Waals surface area (Å²) in [6.07, 6.45) is -0.765. The Morgan fingerprint density at radius 1 is 1.39 bits per heavy atom. The second-order valence-corrected chi connectivity index (χ2v) is 6.93. The summed E-state index contributed by atoms with van der Waals surface area (Å²) in [4.78, 5) is 24.1. The molecule has 1 heterocycles. The minimum Gasteiger partial charge on any atom is -0.480 e. The summed E-state index contributed by atoms with van der Waals surface area (Å²) in [7, 11) is 0. The van der Waals surface area contributed by atoms with Crippen molar-refractivity contribution < 1.29 is 19.8 Å². The van der Waals surface area contributed by atoms with Gasteiger partial charge in [0.1, 0.15) is 12.1 Å². The molecule has 0 bridgehead atoms. The Kier molecular flexibility index (Phi) is 9.60. The lowest BCUT2D eigenvalue weighted by Crippen LogP contribution is -2.52. The molecule has 0 saturated carbocycles. The van der Waals surface area contributed by atoms with E-state index < -0.39 is 30.1 Å². The number of carboxylic acids is 1. The van der Waals surface area contributed by atoms with Crippen LogP contribution in [0.3, 0.4) is 0 Å². The van der Waals surface area contributed by atoms with Crippen LogP contribution in [0.4, 0.5) is 0 Å². The molecule has 0 fully saturated rings. The van der Waals surface area contributed by atoms with Crippen LogP contribution in [0.1, 0.15) is 30.7 Å². The van der Waals surface area contributed by atoms with E-state index >= 15 is 0 Å². The number of carboxylic acid groups (broad SMARTS) is 1. The first-order chi connectivity index (χ1) is 10.2. The second-order valence-electron chi connectivity index (χ2n) is 5.93. The van der Waals surface area contributed by atoms with Crippen LogP contribution in [0.25, 0.3) is 0 Å². The molecule has 5 N–H and O–H groups in total. The maximum absolute atomic E-state index is 12.0. The van der Waals surface area contributed by atoms with Crippen molar-refractivity contribution >= 4 is 40.2 Å². The van der Waals surface area contributed by atoms with Gasteiger partial charge >= 0.3 is 5.97 Å². The van der Waals surface area contributed by atoms with Crippen LogP contribution in [0.5, 0.6) is 0 Å². The van der Waals surface area contributed by atoms with Crippen molar-refractivity contribution in [2.45, 2.75) is 51.8 Å². The van der Waals surface area contributed by atoms with Crippen molar-refractivity contribution in [3.8, 4) is 0 Å². The van der Waals surface area contributed by atoms with Crippen molar-refractivity contribution in [3.63, 3.8) is 0 Å². The Hall–Kier alpha value is -0.960. The molecule has 0 aliphatic heterocycles. The smallest absolute Gasteiger partial charge is 0.326 e. The van der Waals surface area contributed by atoms with Gasteiger partial charge in [0, 0.05) is 10.9 Å². The summed E-state index contributed by atoms with van der Waals surface area (Å²) in [5.74, 6) is -1.74. The van der Waals surface area contributed by atoms with Crippen LogP contribution in [0.2, 0.25) is 0 Å². The van der Waals surface area contributed by atoms with Gasteiger partial charge in [-0.05, 0) is 42.7 Å². The summed E-state index contributed by atoms with van der Waals surface area (Å²) in [5.41, 5.74) is 6.97. The lowest BCUT2D eigenvalue weighted by molar-refractivity contribution is -0.144. The number of thiophene rings is 1. The van der Waals surface area contributed by atoms with Crippen LogP contribution in [0.15, 0.2) is 11.4 Å². The molecule has 0 aromatic carbocycles. The van der Waals surface area contributed by atoms with Gasteiger partial charge in [0.15, 0.2) is 0 Å². The highest BCUT2D eigenvalue weighted by Crippen LogP contribution is 2.16. The topological polar surface area (TPSA) is 113 Å². The molecule has 0 aliphatic carbocycles. The molecule has 1 aromatic heterocycles. The molecular formula is C15H25BrN2O4S. The minimum atomic E-state index is -1.43. The van der Waals surface area contributed by atoms with E-state index in [0.29, 0.717) is 12.8 Å². The Morgan fingerprint density at radius 2 is 2.00 bits per heavy atom. The Balaban J connectivity index is 0.00000484. The number of carbonyl (C=O) groups is 2. The fourth-order valence-electron chi connectivity index (χ4n) is 2.09. The van der Waals surface area contributed by atoms with Gasteiger partial charge in [-0.25, -0.2) is 4.79 Å². The maximum atomic E-state index is 12.0. The van der Waals surface area contributed by atoms with E-state index in [1.165, 1.54) is 11.3 Å². The first-order valence-corrected chi connectivity index (χ1v) is 8.09. The van der Waals surface area contributed by atoms with Crippen molar-refractivity contribution in [3.05, 3.63) is 21.9 Å². The van der Waals surface area contributed by atoms with E-state index in [0.717, 1.165) is 10.4 Å². The molecule has 0 saturated heterocycles. The van der Waals surface area contributed by atoms with Gasteiger partial charge in [0.25, 0.3) is 5.91 Å². The third-order valence-corrected chi connectivity index (χ3v) is 4.29. The largest absolute Gasteiger partial charge is 0.480 e. The zero-order valence-electron chi connectivity index (χ0n) is 13.5. The maximum Gasteiger partial charge on any atom is 0.326 e. The van der Waals surface area contributed by atoms with Gasteiger partial charge in [-0.2, -0.15) is 0 Å². The average molecular weight is 409 g/mol. The van der Waals surface area contributed by atoms with Gasteiger partial charge in [0.05, 0.1) is 0 Å². The summed E-state index contributed by atoms with van der Waals surface area (Å²) < 4.78 is 0. The monoisotopic (exact) mass is 408 g/mol. The molecule has 0 aliphatic rings. The van der Waals surface area contributed by atoms with Gasteiger partial charge in [0.2, 0.25) is 0 Å². The molecule has 6 nitrogen and oxygen atoms in total. The van der Waals surface area contributed by atoms with E-state index in [2.05, 4.69) is 5.32 Å². The zero-order chi connectivity index (χ0) is 16.9. The van der Waals surface area contributed by atoms with Gasteiger partial charge in [-0.15, -0.1) is 28.3 Å². The molecule has 0 unspecified atom stereocenters. The fourth-order valence-corrected chi connectivity index (χ4v) is 3.03. The third-order valence-electron chi connectivity index (χ3n) is 3.22. The molecule has 0 radical (unpaired) electrons. The lowest BCUT2D eigenvalue weighted by atomic mass is 10.0. The molecule has 1 aromatic rings. The van der Waals surface area contributed by atoms with Gasteiger partial charge in [-0.1, -0.05) is 13.8 Å². The predicted molar refractivity (Wildman–Crippen MR) is 96.1 cm³/mol. The number of nitrogens with two attached hydrogens (primary N) is 1. The van der Waals surface area contributed by atoms with Crippen LogP contribution in [0, 0.1) is 12.8 Å². The number of aryl methyl sites for hydroxylation is 1. The number of carbonyl (C=O) groups excluding carboxylic acids is 1. The summed E-state index contributed by atoms with van der Waals surface area (Å²) in [5, 5.41) is 23.4. The molecular weight excluding hydrogens is 384 g/mol. The number of hydrogen-bond acceptors (Lipinski definition) is 5. The summed E-state index contributed by atoms with van der Waals surface area (Å²) in [6.45, 7) is 5.69. The first-order valence-electron chi connectivity index (χ1n) is 7.21. The second kappa shape index (κ2) is 10.0. The Morgan fingerprint density at radius 3 is 2.43 bits per heavy atom. The number of rotatable bonds is 8. The van der Waals surface area contributed by atoms with Crippen molar-refractivity contribution in [1.82, 2.24) is 5.32 Å². The number of aliphatic hydroxyl groups excluding tert-OH is 1. The normalized spacial score (nSPS) is 14.7. The first kappa shape index (κ1) is 22.0. The van der Waals surface area contributed by atoms with E-state index in [1.54, 1.807) is 0 Å². The summed E-state index contributed by atoms with van der Waals surface area (Å²) in [6, 6.07) is 0.165. The van der Waals surface area contributed by atoms with Crippen LogP contribution < -0.4 is 11.1 Å². The van der Waals surface area contributed by atoms with Crippen molar-refractivity contribution in [2.24, 2.45) is 11.7 Å². The number of aliphatic hydroxyl groups is 1. The fraction of sp³-hybridized carbons (Fsp3) is 0.600. The van der Waals surface area contributed by atoms with Gasteiger partial charge in [-0.3, -0.25) is 4.79 Å². The number of amides is 1. The predicted octanol–water partition coefficient (Wildman–Crippen LogP) is 1.48. The quantitative estimate of drug-likeness (QED) is 0.520. The molecule has 0 spiro atoms. The van der Waals surface area contributed by atoms with Gasteiger partial charge < -0.3 is 21.3 Å². The zero-order valence-corrected chi connectivity index (χ0v) is 16.0. The van der Waals surface area contributed by atoms with Crippen LogP contribution in [-0.4, -0.2) is 40.3 Å². The third kappa shape index (κ3) is 7.43. The molecule has 3 atom stereocenters. The van der Waals surface area contributed by atoms with E-state index in [-0.39, 0.29) is 22.9 Å². The highest BCUT2D eigenvalue weighted by atomic mass is 79.9. The number of hydrogen-bond donors (Lipinski definition) is 4. The van der Waals surface area contributed by atoms with Crippen LogP contribution >= 0.6 is 28.3 Å². The Labute approximate surface area is 150 Å². The SMILES string of the molecule is Br.Cc1csc(C[C@@H](N)[C@H](O)C(=O)N[C@@H](CC(C)C)C(=O)O)c1. The average Bonchev–Trinajstić information content (AvgIpc) is 2.81. The highest BCUT2D eigenvalue weighted by molar-refractivity contribution is 8.93. The van der Waals surface area contributed by atoms with Crippen molar-refractivity contribution in [1.29, 1.82) is 0 Å². The van der Waals surface area contributed by atoms with E-state index in [1.807, 2.05) is 32.2 Å². The standard InChI is InChI=1S/C15H24N2O4S.BrH/c1-8(2)4-12(15(20)21)17-14(19)13(18)11(16)6-10-5-9(3)7-22-10;/h5,7-8,11-13,18H,4,6,16H2,1-3H3,(H,17,19)(H,20,21);1H/t11-,12+,13+;/m1./s1. The minimum absolute atomic E-state index is 0. The van der Waals surface area contributed by atoms with Crippen molar-refractivity contribution in [2.75, 3.05) is 0 Å². The van der Waals surface area contributed by atoms with E-state index in [4.69, 9.17) is 10.8 Å². The number of halogens is 1. The molecule has 1 amide bonds. The lowest BCUT2D eigenvalue weighted by Gasteiger charge is -2.21.